The molecule has 1 atom stereocenters. The second-order valence-corrected chi connectivity index (χ2v) is 5.81. The number of hydrogen-bond acceptors (Lipinski definition) is 5. The second kappa shape index (κ2) is 6.15. The van der Waals surface area contributed by atoms with E-state index in [4.69, 9.17) is 10.2 Å². The monoisotopic (exact) mass is 291 g/mol. The van der Waals surface area contributed by atoms with Crippen molar-refractivity contribution >= 4 is 15.9 Å². The number of aryl methyl sites for hydroxylation is 1. The Morgan fingerprint density at radius 1 is 1.53 bits per heavy atom. The summed E-state index contributed by atoms with van der Waals surface area (Å²) < 4.78 is 26.7. The van der Waals surface area contributed by atoms with Crippen molar-refractivity contribution in [3.8, 4) is 0 Å². The topological polar surface area (TPSA) is 121 Å². The first-order chi connectivity index (χ1) is 8.81. The molecule has 1 aromatic heterocycles. The third-order valence-corrected chi connectivity index (χ3v) is 3.88. The highest BCUT2D eigenvalue weighted by Crippen LogP contribution is 2.12. The second-order valence-electron chi connectivity index (χ2n) is 3.93. The lowest BCUT2D eigenvalue weighted by Gasteiger charge is -2.09. The van der Waals surface area contributed by atoms with Gasteiger partial charge in [0.15, 0.2) is 0 Å². The number of amides is 1. The van der Waals surface area contributed by atoms with Crippen LogP contribution in [-0.2, 0) is 17.1 Å². The lowest BCUT2D eigenvalue weighted by Crippen LogP contribution is -2.34. The molecule has 0 fully saturated rings. The molecular formula is C10H17N3O5S. The van der Waals surface area contributed by atoms with E-state index < -0.39 is 28.6 Å². The van der Waals surface area contributed by atoms with Crippen molar-refractivity contribution in [1.82, 2.24) is 14.6 Å². The summed E-state index contributed by atoms with van der Waals surface area (Å²) in [5, 5.41) is 20.1. The number of hydrogen-bond donors (Lipinski definition) is 4. The van der Waals surface area contributed by atoms with Gasteiger partial charge in [0.25, 0.3) is 5.91 Å². The summed E-state index contributed by atoms with van der Waals surface area (Å²) in [5.74, 6) is -0.535. The summed E-state index contributed by atoms with van der Waals surface area (Å²) in [6, 6.07) is 1.23. The van der Waals surface area contributed by atoms with Crippen LogP contribution in [-0.4, -0.2) is 55.4 Å². The molecular weight excluding hydrogens is 274 g/mol. The Hall–Kier alpha value is -1.42. The molecule has 1 amide bonds. The molecule has 4 N–H and O–H groups in total. The van der Waals surface area contributed by atoms with E-state index in [0.29, 0.717) is 0 Å². The predicted octanol–water partition coefficient (Wildman–Crippen LogP) is -1.98. The molecule has 8 nitrogen and oxygen atoms in total. The maximum Gasteiger partial charge on any atom is 0.268 e. The Balaban J connectivity index is 2.88. The molecule has 0 aliphatic carbocycles. The van der Waals surface area contributed by atoms with Crippen LogP contribution >= 0.6 is 0 Å². The third kappa shape index (κ3) is 3.77. The molecule has 0 saturated carbocycles. The molecule has 0 aliphatic heterocycles. The summed E-state index contributed by atoms with van der Waals surface area (Å²) in [6.07, 6.45) is 0.258. The van der Waals surface area contributed by atoms with Crippen molar-refractivity contribution in [2.24, 2.45) is 7.05 Å². The van der Waals surface area contributed by atoms with E-state index in [1.165, 1.54) is 30.9 Å². The number of aliphatic hydroxyl groups is 2. The van der Waals surface area contributed by atoms with Gasteiger partial charge in [0, 0.05) is 19.8 Å². The highest BCUT2D eigenvalue weighted by Gasteiger charge is 2.19. The molecule has 0 saturated heterocycles. The zero-order valence-electron chi connectivity index (χ0n) is 10.6. The number of nitrogens with zero attached hydrogens (tertiary/aromatic N) is 1. The van der Waals surface area contributed by atoms with Crippen LogP contribution in [0, 0.1) is 0 Å². The van der Waals surface area contributed by atoms with E-state index in [0.717, 1.165) is 0 Å². The fourth-order valence-corrected chi connectivity index (χ4v) is 2.19. The van der Waals surface area contributed by atoms with Crippen molar-refractivity contribution in [2.45, 2.75) is 11.0 Å². The Morgan fingerprint density at radius 2 is 2.16 bits per heavy atom. The Bertz CT molecular complexity index is 552. The van der Waals surface area contributed by atoms with Crippen molar-refractivity contribution in [3.05, 3.63) is 18.0 Å². The van der Waals surface area contributed by atoms with Gasteiger partial charge >= 0.3 is 0 Å². The Kier molecular flexibility index (Phi) is 5.06. The quantitative estimate of drug-likeness (QED) is 0.484. The largest absolute Gasteiger partial charge is 0.394 e. The molecule has 0 radical (unpaired) electrons. The summed E-state index contributed by atoms with van der Waals surface area (Å²) >= 11 is 0. The van der Waals surface area contributed by atoms with Gasteiger partial charge < -0.3 is 20.1 Å². The van der Waals surface area contributed by atoms with Crippen LogP contribution in [0.15, 0.2) is 17.2 Å². The third-order valence-electron chi connectivity index (χ3n) is 2.50. The molecule has 0 aliphatic rings. The summed E-state index contributed by atoms with van der Waals surface area (Å²) in [4.78, 5) is 11.8. The number of aliphatic hydroxyl groups excluding tert-OH is 2. The van der Waals surface area contributed by atoms with Gasteiger partial charge in [0.1, 0.15) is 10.6 Å². The lowest BCUT2D eigenvalue weighted by atomic mass is 10.3. The normalized spacial score (nSPS) is 13.3. The van der Waals surface area contributed by atoms with Gasteiger partial charge in [0.2, 0.25) is 10.0 Å². The molecule has 0 bridgehead atoms. The first kappa shape index (κ1) is 15.6. The van der Waals surface area contributed by atoms with Crippen LogP contribution in [0.25, 0.3) is 0 Å². The SMILES string of the molecule is CNS(=O)(=O)c1cc(C(=O)NCC(O)CO)n(C)c1. The van der Waals surface area contributed by atoms with Crippen LogP contribution in [0.2, 0.25) is 0 Å². The van der Waals surface area contributed by atoms with E-state index in [2.05, 4.69) is 10.0 Å². The fourth-order valence-electron chi connectivity index (χ4n) is 1.39. The van der Waals surface area contributed by atoms with Gasteiger partial charge in [-0.3, -0.25) is 4.79 Å². The van der Waals surface area contributed by atoms with Crippen molar-refractivity contribution < 1.29 is 23.4 Å². The smallest absolute Gasteiger partial charge is 0.268 e. The van der Waals surface area contributed by atoms with Crippen LogP contribution < -0.4 is 10.0 Å². The van der Waals surface area contributed by atoms with E-state index >= 15 is 0 Å². The van der Waals surface area contributed by atoms with Gasteiger partial charge in [-0.05, 0) is 13.1 Å². The number of nitrogens with one attached hydrogen (secondary N) is 2. The van der Waals surface area contributed by atoms with Gasteiger partial charge in [-0.2, -0.15) is 0 Å². The first-order valence-electron chi connectivity index (χ1n) is 5.49. The van der Waals surface area contributed by atoms with E-state index in [1.54, 1.807) is 0 Å². The number of carbonyl (C=O) groups is 1. The van der Waals surface area contributed by atoms with Gasteiger partial charge in [-0.25, -0.2) is 13.1 Å². The maximum atomic E-state index is 11.8. The van der Waals surface area contributed by atoms with Crippen LogP contribution in [0.1, 0.15) is 10.5 Å². The molecule has 9 heteroatoms. The van der Waals surface area contributed by atoms with Crippen LogP contribution in [0.3, 0.4) is 0 Å². The number of sulfonamides is 1. The van der Waals surface area contributed by atoms with Crippen molar-refractivity contribution in [2.75, 3.05) is 20.2 Å². The molecule has 1 heterocycles. The summed E-state index contributed by atoms with van der Waals surface area (Å²) in [7, 11) is -0.798. The molecule has 1 rings (SSSR count). The molecule has 1 unspecified atom stereocenters. The molecule has 19 heavy (non-hydrogen) atoms. The van der Waals surface area contributed by atoms with Crippen LogP contribution in [0.5, 0.6) is 0 Å². The average Bonchev–Trinajstić information content (AvgIpc) is 2.78. The van der Waals surface area contributed by atoms with E-state index in [-0.39, 0.29) is 17.1 Å². The maximum absolute atomic E-state index is 11.8. The summed E-state index contributed by atoms with van der Waals surface area (Å²) in [6.45, 7) is -0.582. The van der Waals surface area contributed by atoms with Gasteiger partial charge in [0.05, 0.1) is 12.7 Å². The minimum absolute atomic E-state index is 0.0228. The highest BCUT2D eigenvalue weighted by molar-refractivity contribution is 7.89. The molecule has 1 aromatic rings. The molecule has 108 valence electrons. The fraction of sp³-hybridized carbons (Fsp3) is 0.500. The zero-order chi connectivity index (χ0) is 14.6. The zero-order valence-corrected chi connectivity index (χ0v) is 11.4. The van der Waals surface area contributed by atoms with E-state index in [9.17, 15) is 13.2 Å². The van der Waals surface area contributed by atoms with E-state index in [1.807, 2.05) is 0 Å². The summed E-state index contributed by atoms with van der Waals surface area (Å²) in [5.41, 5.74) is 0.138. The average molecular weight is 291 g/mol. The standard InChI is InChI=1S/C10H17N3O5S/c1-11-19(17,18)8-3-9(13(2)5-8)10(16)12-4-7(15)6-14/h3,5,7,11,14-15H,4,6H2,1-2H3,(H,12,16). The van der Waals surface area contributed by atoms with Crippen molar-refractivity contribution in [1.29, 1.82) is 0 Å². The van der Waals surface area contributed by atoms with Gasteiger partial charge in [-0.15, -0.1) is 0 Å². The lowest BCUT2D eigenvalue weighted by molar-refractivity contribution is 0.0796. The minimum Gasteiger partial charge on any atom is -0.394 e. The minimum atomic E-state index is -3.61. The first-order valence-corrected chi connectivity index (χ1v) is 6.97. The highest BCUT2D eigenvalue weighted by atomic mass is 32.2. The Morgan fingerprint density at radius 3 is 2.68 bits per heavy atom. The van der Waals surface area contributed by atoms with Crippen LogP contribution in [0.4, 0.5) is 0 Å². The molecule has 0 aromatic carbocycles. The number of carbonyl (C=O) groups excluding carboxylic acids is 1. The van der Waals surface area contributed by atoms with Gasteiger partial charge in [-0.1, -0.05) is 0 Å². The number of rotatable bonds is 6. The predicted molar refractivity (Wildman–Crippen MR) is 67.1 cm³/mol. The number of aromatic nitrogens is 1. The Labute approximate surface area is 111 Å². The molecule has 0 spiro atoms. The van der Waals surface area contributed by atoms with Crippen molar-refractivity contribution in [3.63, 3.8) is 0 Å².